The van der Waals surface area contributed by atoms with E-state index < -0.39 is 5.97 Å². The zero-order valence-corrected chi connectivity index (χ0v) is 11.2. The van der Waals surface area contributed by atoms with Crippen molar-refractivity contribution < 1.29 is 14.6 Å². The molecular formula is C16H16O3. The Hall–Kier alpha value is -2.29. The first-order valence-corrected chi connectivity index (χ1v) is 6.02. The minimum atomic E-state index is -0.902. The summed E-state index contributed by atoms with van der Waals surface area (Å²) in [5.41, 5.74) is 4.42. The lowest BCUT2D eigenvalue weighted by Gasteiger charge is -2.10. The zero-order chi connectivity index (χ0) is 14.0. The summed E-state index contributed by atoms with van der Waals surface area (Å²) < 4.78 is 5.24. The summed E-state index contributed by atoms with van der Waals surface area (Å²) in [7, 11) is 1.65. The van der Waals surface area contributed by atoms with Gasteiger partial charge in [0.1, 0.15) is 5.75 Å². The maximum absolute atomic E-state index is 10.9. The van der Waals surface area contributed by atoms with E-state index in [1.54, 1.807) is 19.2 Å². The van der Waals surface area contributed by atoms with E-state index in [1.807, 2.05) is 38.1 Å². The lowest BCUT2D eigenvalue weighted by Crippen LogP contribution is -1.97. The van der Waals surface area contributed by atoms with Crippen molar-refractivity contribution in [3.63, 3.8) is 0 Å². The molecule has 0 aliphatic rings. The normalized spacial score (nSPS) is 10.3. The SMILES string of the molecule is COc1ccc(-c2ccc(C(=O)O)cc2C)cc1C. The Morgan fingerprint density at radius 2 is 1.79 bits per heavy atom. The third-order valence-electron chi connectivity index (χ3n) is 3.18. The third kappa shape index (κ3) is 2.60. The molecule has 0 amide bonds. The van der Waals surface area contributed by atoms with E-state index in [4.69, 9.17) is 9.84 Å². The number of carbonyl (C=O) groups is 1. The van der Waals surface area contributed by atoms with Crippen LogP contribution in [0, 0.1) is 13.8 Å². The molecule has 0 spiro atoms. The van der Waals surface area contributed by atoms with Gasteiger partial charge in [-0.1, -0.05) is 12.1 Å². The van der Waals surface area contributed by atoms with Crippen LogP contribution < -0.4 is 4.74 Å². The van der Waals surface area contributed by atoms with Gasteiger partial charge in [0.15, 0.2) is 0 Å². The first-order valence-electron chi connectivity index (χ1n) is 6.02. The van der Waals surface area contributed by atoms with Crippen molar-refractivity contribution in [3.05, 3.63) is 53.1 Å². The summed E-state index contributed by atoms with van der Waals surface area (Å²) in [4.78, 5) is 10.9. The number of benzene rings is 2. The number of aromatic carboxylic acids is 1. The van der Waals surface area contributed by atoms with Gasteiger partial charge in [-0.15, -0.1) is 0 Å². The Kier molecular flexibility index (Phi) is 3.56. The molecule has 2 rings (SSSR count). The standard InChI is InChI=1S/C16H16O3/c1-10-8-13(16(17)18)4-6-14(10)12-5-7-15(19-3)11(2)9-12/h4-9H,1-3H3,(H,17,18). The fraction of sp³-hybridized carbons (Fsp3) is 0.188. The molecule has 2 aromatic carbocycles. The minimum absolute atomic E-state index is 0.312. The molecule has 19 heavy (non-hydrogen) atoms. The maximum Gasteiger partial charge on any atom is 0.335 e. The third-order valence-corrected chi connectivity index (χ3v) is 3.18. The van der Waals surface area contributed by atoms with Gasteiger partial charge in [0.05, 0.1) is 12.7 Å². The number of carboxylic acids is 1. The van der Waals surface area contributed by atoms with Gasteiger partial charge in [-0.05, 0) is 60.4 Å². The molecule has 2 aromatic rings. The highest BCUT2D eigenvalue weighted by molar-refractivity contribution is 5.89. The first kappa shape index (κ1) is 13.1. The van der Waals surface area contributed by atoms with Gasteiger partial charge < -0.3 is 9.84 Å². The summed E-state index contributed by atoms with van der Waals surface area (Å²) in [6.45, 7) is 3.91. The summed E-state index contributed by atoms with van der Waals surface area (Å²) in [6.07, 6.45) is 0. The van der Waals surface area contributed by atoms with Gasteiger partial charge in [0.2, 0.25) is 0 Å². The monoisotopic (exact) mass is 256 g/mol. The van der Waals surface area contributed by atoms with E-state index in [-0.39, 0.29) is 0 Å². The number of rotatable bonds is 3. The van der Waals surface area contributed by atoms with Crippen molar-refractivity contribution in [2.24, 2.45) is 0 Å². The van der Waals surface area contributed by atoms with Crippen LogP contribution in [0.3, 0.4) is 0 Å². The molecule has 98 valence electrons. The zero-order valence-electron chi connectivity index (χ0n) is 11.2. The molecule has 3 nitrogen and oxygen atoms in total. The molecule has 0 aliphatic carbocycles. The van der Waals surface area contributed by atoms with Crippen LogP contribution in [0.15, 0.2) is 36.4 Å². The number of methoxy groups -OCH3 is 1. The van der Waals surface area contributed by atoms with Crippen molar-refractivity contribution >= 4 is 5.97 Å². The van der Waals surface area contributed by atoms with E-state index >= 15 is 0 Å². The minimum Gasteiger partial charge on any atom is -0.496 e. The largest absolute Gasteiger partial charge is 0.496 e. The molecule has 0 fully saturated rings. The van der Waals surface area contributed by atoms with Crippen LogP contribution in [0.2, 0.25) is 0 Å². The average Bonchev–Trinajstić information content (AvgIpc) is 2.38. The van der Waals surface area contributed by atoms with Crippen LogP contribution in [0.4, 0.5) is 0 Å². The van der Waals surface area contributed by atoms with Crippen molar-refractivity contribution in [2.45, 2.75) is 13.8 Å². The Bertz CT molecular complexity index is 630. The van der Waals surface area contributed by atoms with Crippen LogP contribution >= 0.6 is 0 Å². The second-order valence-corrected chi connectivity index (χ2v) is 4.52. The van der Waals surface area contributed by atoms with Gasteiger partial charge in [0.25, 0.3) is 0 Å². The number of aryl methyl sites for hydroxylation is 2. The van der Waals surface area contributed by atoms with Crippen molar-refractivity contribution in [3.8, 4) is 16.9 Å². The summed E-state index contributed by atoms with van der Waals surface area (Å²) in [6, 6.07) is 11.1. The number of hydrogen-bond donors (Lipinski definition) is 1. The molecule has 0 radical (unpaired) electrons. The molecule has 3 heteroatoms. The van der Waals surface area contributed by atoms with Crippen LogP contribution in [0.1, 0.15) is 21.5 Å². The fourth-order valence-electron chi connectivity index (χ4n) is 2.17. The molecule has 0 unspecified atom stereocenters. The molecule has 0 saturated carbocycles. The van der Waals surface area contributed by atoms with E-state index in [1.165, 1.54) is 0 Å². The number of ether oxygens (including phenoxy) is 1. The second-order valence-electron chi connectivity index (χ2n) is 4.52. The molecule has 0 aliphatic heterocycles. The average molecular weight is 256 g/mol. The Balaban J connectivity index is 2.47. The number of carboxylic acid groups (broad SMARTS) is 1. The maximum atomic E-state index is 10.9. The smallest absolute Gasteiger partial charge is 0.335 e. The molecular weight excluding hydrogens is 240 g/mol. The predicted molar refractivity (Wildman–Crippen MR) is 74.9 cm³/mol. The van der Waals surface area contributed by atoms with Gasteiger partial charge in [-0.3, -0.25) is 0 Å². The van der Waals surface area contributed by atoms with Crippen LogP contribution in [-0.4, -0.2) is 18.2 Å². The highest BCUT2D eigenvalue weighted by Gasteiger charge is 2.08. The van der Waals surface area contributed by atoms with Gasteiger partial charge in [0, 0.05) is 0 Å². The molecule has 0 saturated heterocycles. The van der Waals surface area contributed by atoms with E-state index in [9.17, 15) is 4.79 Å². The molecule has 0 bridgehead atoms. The van der Waals surface area contributed by atoms with Crippen molar-refractivity contribution in [2.75, 3.05) is 7.11 Å². The topological polar surface area (TPSA) is 46.5 Å². The van der Waals surface area contributed by atoms with E-state index in [2.05, 4.69) is 0 Å². The molecule has 0 atom stereocenters. The fourth-order valence-corrected chi connectivity index (χ4v) is 2.17. The highest BCUT2D eigenvalue weighted by Crippen LogP contribution is 2.28. The van der Waals surface area contributed by atoms with Gasteiger partial charge >= 0.3 is 5.97 Å². The lowest BCUT2D eigenvalue weighted by molar-refractivity contribution is 0.0697. The highest BCUT2D eigenvalue weighted by atomic mass is 16.5. The second kappa shape index (κ2) is 5.14. The first-order chi connectivity index (χ1) is 9.02. The van der Waals surface area contributed by atoms with E-state index in [0.717, 1.165) is 28.0 Å². The van der Waals surface area contributed by atoms with Gasteiger partial charge in [-0.25, -0.2) is 4.79 Å². The Labute approximate surface area is 112 Å². The van der Waals surface area contributed by atoms with Crippen molar-refractivity contribution in [1.29, 1.82) is 0 Å². The summed E-state index contributed by atoms with van der Waals surface area (Å²) in [5, 5.41) is 8.97. The van der Waals surface area contributed by atoms with Gasteiger partial charge in [-0.2, -0.15) is 0 Å². The van der Waals surface area contributed by atoms with Crippen LogP contribution in [-0.2, 0) is 0 Å². The van der Waals surface area contributed by atoms with E-state index in [0.29, 0.717) is 5.56 Å². The number of hydrogen-bond acceptors (Lipinski definition) is 2. The molecule has 1 N–H and O–H groups in total. The van der Waals surface area contributed by atoms with Crippen molar-refractivity contribution in [1.82, 2.24) is 0 Å². The lowest BCUT2D eigenvalue weighted by atomic mass is 9.97. The Morgan fingerprint density at radius 3 is 2.32 bits per heavy atom. The quantitative estimate of drug-likeness (QED) is 0.911. The summed E-state index contributed by atoms with van der Waals surface area (Å²) >= 11 is 0. The summed E-state index contributed by atoms with van der Waals surface area (Å²) in [5.74, 6) is -0.0517. The van der Waals surface area contributed by atoms with Crippen LogP contribution in [0.25, 0.3) is 11.1 Å². The molecule has 0 heterocycles. The molecule has 0 aromatic heterocycles. The predicted octanol–water partition coefficient (Wildman–Crippen LogP) is 3.68. The Morgan fingerprint density at radius 1 is 1.05 bits per heavy atom. The van der Waals surface area contributed by atoms with Crippen LogP contribution in [0.5, 0.6) is 5.75 Å².